The number of hydrogen-bond donors (Lipinski definition) is 1. The van der Waals surface area contributed by atoms with Gasteiger partial charge in [-0.05, 0) is 31.4 Å². The molecule has 0 aliphatic carbocycles. The molecule has 1 aromatic carbocycles. The second kappa shape index (κ2) is 7.48. The van der Waals surface area contributed by atoms with Gasteiger partial charge in [0.2, 0.25) is 0 Å². The van der Waals surface area contributed by atoms with Gasteiger partial charge in [0.05, 0.1) is 0 Å². The van der Waals surface area contributed by atoms with Crippen LogP contribution in [-0.2, 0) is 4.79 Å². The summed E-state index contributed by atoms with van der Waals surface area (Å²) in [4.78, 5) is 11.5. The summed E-state index contributed by atoms with van der Waals surface area (Å²) in [6.07, 6.45) is 0.875. The predicted molar refractivity (Wildman–Crippen MR) is 72.6 cm³/mol. The molecule has 0 saturated carbocycles. The summed E-state index contributed by atoms with van der Waals surface area (Å²) in [6, 6.07) is 9.23. The van der Waals surface area contributed by atoms with Crippen LogP contribution in [0, 0.1) is 5.92 Å². The van der Waals surface area contributed by atoms with Gasteiger partial charge in [-0.1, -0.05) is 32.0 Å². The summed E-state index contributed by atoms with van der Waals surface area (Å²) in [7, 11) is 0. The minimum absolute atomic E-state index is 0.0253. The Balaban J connectivity index is 2.30. The van der Waals surface area contributed by atoms with Gasteiger partial charge in [-0.15, -0.1) is 0 Å². The monoisotopic (exact) mass is 248 g/mol. The first-order valence-electron chi connectivity index (χ1n) is 6.07. The summed E-state index contributed by atoms with van der Waals surface area (Å²) in [5, 5.41) is 4.01. The lowest BCUT2D eigenvalue weighted by Gasteiger charge is -2.06. The molecule has 0 radical (unpaired) electrons. The van der Waals surface area contributed by atoms with Crippen molar-refractivity contribution < 1.29 is 9.53 Å². The third-order valence-electron chi connectivity index (χ3n) is 2.19. The van der Waals surface area contributed by atoms with Crippen LogP contribution < -0.4 is 10.2 Å². The second-order valence-corrected chi connectivity index (χ2v) is 4.58. The number of hydrogen-bond acceptors (Lipinski definition) is 3. The van der Waals surface area contributed by atoms with Gasteiger partial charge in [-0.2, -0.15) is 5.10 Å². The minimum Gasteiger partial charge on any atom is -0.484 e. The van der Waals surface area contributed by atoms with Crippen LogP contribution in [-0.4, -0.2) is 18.2 Å². The zero-order valence-corrected chi connectivity index (χ0v) is 11.1. The highest BCUT2D eigenvalue weighted by atomic mass is 16.5. The smallest absolute Gasteiger partial charge is 0.277 e. The maximum absolute atomic E-state index is 11.5. The molecule has 1 amide bonds. The van der Waals surface area contributed by atoms with Crippen molar-refractivity contribution in [2.45, 2.75) is 27.2 Å². The van der Waals surface area contributed by atoms with Crippen molar-refractivity contribution in [1.82, 2.24) is 5.43 Å². The predicted octanol–water partition coefficient (Wildman–Crippen LogP) is 2.60. The molecule has 0 unspecified atom stereocenters. The summed E-state index contributed by atoms with van der Waals surface area (Å²) in [5.41, 5.74) is 3.40. The number of benzene rings is 1. The summed E-state index contributed by atoms with van der Waals surface area (Å²) >= 11 is 0. The molecule has 0 saturated heterocycles. The number of nitrogens with zero attached hydrogens (tertiary/aromatic N) is 1. The van der Waals surface area contributed by atoms with Crippen LogP contribution in [0.1, 0.15) is 27.2 Å². The molecule has 4 nitrogen and oxygen atoms in total. The summed E-state index contributed by atoms with van der Waals surface area (Å²) < 4.78 is 5.30. The molecule has 1 rings (SSSR count). The van der Waals surface area contributed by atoms with Crippen LogP contribution in [0.15, 0.2) is 35.4 Å². The highest BCUT2D eigenvalue weighted by Gasteiger charge is 2.02. The molecule has 0 fully saturated rings. The Kier molecular flexibility index (Phi) is 5.91. The van der Waals surface area contributed by atoms with Gasteiger partial charge in [0.15, 0.2) is 6.61 Å². The van der Waals surface area contributed by atoms with E-state index in [9.17, 15) is 4.79 Å². The third-order valence-corrected chi connectivity index (χ3v) is 2.19. The number of ether oxygens (including phenoxy) is 1. The van der Waals surface area contributed by atoms with Gasteiger partial charge in [0.25, 0.3) is 5.91 Å². The van der Waals surface area contributed by atoms with Crippen molar-refractivity contribution in [3.63, 3.8) is 0 Å². The van der Waals surface area contributed by atoms with Crippen LogP contribution in [0.5, 0.6) is 5.75 Å². The van der Waals surface area contributed by atoms with Crippen molar-refractivity contribution in [3.8, 4) is 5.75 Å². The molecule has 0 aliphatic rings. The first-order valence-corrected chi connectivity index (χ1v) is 6.07. The van der Waals surface area contributed by atoms with E-state index in [1.54, 1.807) is 12.1 Å². The lowest BCUT2D eigenvalue weighted by atomic mass is 10.1. The molecule has 98 valence electrons. The molecule has 4 heteroatoms. The van der Waals surface area contributed by atoms with Crippen LogP contribution >= 0.6 is 0 Å². The number of para-hydroxylation sites is 1. The number of nitrogens with one attached hydrogen (secondary N) is 1. The fraction of sp³-hybridized carbons (Fsp3) is 0.429. The lowest BCUT2D eigenvalue weighted by molar-refractivity contribution is -0.123. The Labute approximate surface area is 108 Å². The molecular formula is C14H20N2O2. The molecule has 0 aliphatic heterocycles. The van der Waals surface area contributed by atoms with E-state index >= 15 is 0 Å². The molecule has 0 atom stereocenters. The van der Waals surface area contributed by atoms with Gasteiger partial charge in [-0.25, -0.2) is 5.43 Å². The van der Waals surface area contributed by atoms with Crippen molar-refractivity contribution in [2.24, 2.45) is 11.0 Å². The lowest BCUT2D eigenvalue weighted by Crippen LogP contribution is -2.25. The maximum atomic E-state index is 11.5. The number of carbonyl (C=O) groups is 1. The molecular weight excluding hydrogens is 228 g/mol. The SMILES string of the molecule is C/C(CC(C)C)=N/NC(=O)COc1ccccc1. The Morgan fingerprint density at radius 2 is 2.00 bits per heavy atom. The normalized spacial score (nSPS) is 11.4. The van der Waals surface area contributed by atoms with Gasteiger partial charge < -0.3 is 4.74 Å². The van der Waals surface area contributed by atoms with E-state index in [2.05, 4.69) is 24.4 Å². The summed E-state index contributed by atoms with van der Waals surface area (Å²) in [5.74, 6) is 0.962. The van der Waals surface area contributed by atoms with E-state index in [4.69, 9.17) is 4.74 Å². The molecule has 1 aromatic rings. The van der Waals surface area contributed by atoms with Gasteiger partial charge in [0.1, 0.15) is 5.75 Å². The number of amides is 1. The van der Waals surface area contributed by atoms with E-state index in [-0.39, 0.29) is 12.5 Å². The second-order valence-electron chi connectivity index (χ2n) is 4.58. The zero-order valence-electron chi connectivity index (χ0n) is 11.1. The first-order chi connectivity index (χ1) is 8.58. The maximum Gasteiger partial charge on any atom is 0.277 e. The van der Waals surface area contributed by atoms with E-state index in [1.807, 2.05) is 25.1 Å². The molecule has 0 heterocycles. The van der Waals surface area contributed by atoms with E-state index in [0.717, 1.165) is 12.1 Å². The summed E-state index contributed by atoms with van der Waals surface area (Å²) in [6.45, 7) is 6.10. The van der Waals surface area contributed by atoms with Crippen LogP contribution in [0.2, 0.25) is 0 Å². The van der Waals surface area contributed by atoms with Crippen molar-refractivity contribution in [1.29, 1.82) is 0 Å². The minimum atomic E-state index is -0.248. The van der Waals surface area contributed by atoms with Crippen LogP contribution in [0.25, 0.3) is 0 Å². The zero-order chi connectivity index (χ0) is 13.4. The van der Waals surface area contributed by atoms with Crippen LogP contribution in [0.4, 0.5) is 0 Å². The highest BCUT2D eigenvalue weighted by molar-refractivity contribution is 5.84. The quantitative estimate of drug-likeness (QED) is 0.621. The molecule has 0 bridgehead atoms. The molecule has 18 heavy (non-hydrogen) atoms. The average Bonchev–Trinajstić information content (AvgIpc) is 2.34. The molecule has 0 spiro atoms. The first kappa shape index (κ1) is 14.2. The van der Waals surface area contributed by atoms with E-state index in [0.29, 0.717) is 11.7 Å². The third kappa shape index (κ3) is 6.03. The largest absolute Gasteiger partial charge is 0.484 e. The topological polar surface area (TPSA) is 50.7 Å². The van der Waals surface area contributed by atoms with Crippen LogP contribution in [0.3, 0.4) is 0 Å². The molecule has 0 aromatic heterocycles. The fourth-order valence-corrected chi connectivity index (χ4v) is 1.49. The highest BCUT2D eigenvalue weighted by Crippen LogP contribution is 2.07. The van der Waals surface area contributed by atoms with Gasteiger partial charge in [-0.3, -0.25) is 4.79 Å². The number of hydrazone groups is 1. The average molecular weight is 248 g/mol. The van der Waals surface area contributed by atoms with Gasteiger partial charge >= 0.3 is 0 Å². The van der Waals surface area contributed by atoms with Crippen molar-refractivity contribution in [3.05, 3.63) is 30.3 Å². The Morgan fingerprint density at radius 1 is 1.33 bits per heavy atom. The number of carbonyl (C=O) groups excluding carboxylic acids is 1. The number of rotatable bonds is 6. The van der Waals surface area contributed by atoms with Crippen molar-refractivity contribution in [2.75, 3.05) is 6.61 Å². The van der Waals surface area contributed by atoms with E-state index < -0.39 is 0 Å². The Morgan fingerprint density at radius 3 is 2.61 bits per heavy atom. The van der Waals surface area contributed by atoms with E-state index in [1.165, 1.54) is 0 Å². The fourth-order valence-electron chi connectivity index (χ4n) is 1.49. The van der Waals surface area contributed by atoms with Crippen molar-refractivity contribution >= 4 is 11.6 Å². The Hall–Kier alpha value is -1.84. The standard InChI is InChI=1S/C14H20N2O2/c1-11(2)9-12(3)15-16-14(17)10-18-13-7-5-4-6-8-13/h4-8,11H,9-10H2,1-3H3,(H,16,17)/b15-12-. The molecule has 1 N–H and O–H groups in total. The Bertz CT molecular complexity index is 400. The van der Waals surface area contributed by atoms with Gasteiger partial charge in [0, 0.05) is 5.71 Å².